The highest BCUT2D eigenvalue weighted by Crippen LogP contribution is 2.19. The largest absolute Gasteiger partial charge is 0.382 e. The molecule has 2 heterocycles. The summed E-state index contributed by atoms with van der Waals surface area (Å²) in [5, 5.41) is 23.1. The van der Waals surface area contributed by atoms with Crippen LogP contribution < -0.4 is 0 Å². The topological polar surface area (TPSA) is 68.8 Å². The molecule has 1 N–H and O–H groups in total. The smallest absolute Gasteiger partial charge is 0.127 e. The quantitative estimate of drug-likeness (QED) is 0.777. The zero-order valence-corrected chi connectivity index (χ0v) is 11.8. The molecule has 0 amide bonds. The second kappa shape index (κ2) is 5.88. The van der Waals surface area contributed by atoms with Crippen LogP contribution in [0.2, 0.25) is 0 Å². The Labute approximate surface area is 122 Å². The Morgan fingerprint density at radius 3 is 2.71 bits per heavy atom. The van der Waals surface area contributed by atoms with Crippen molar-refractivity contribution in [3.8, 4) is 5.69 Å². The molecule has 0 radical (unpaired) electrons. The van der Waals surface area contributed by atoms with Crippen LogP contribution >= 0.6 is 0 Å². The highest BCUT2D eigenvalue weighted by Gasteiger charge is 2.16. The first-order valence-electron chi connectivity index (χ1n) is 6.96. The van der Waals surface area contributed by atoms with Crippen LogP contribution in [-0.2, 0) is 6.54 Å². The predicted molar refractivity (Wildman–Crippen MR) is 77.9 cm³/mol. The maximum Gasteiger partial charge on any atom is 0.127 e. The van der Waals surface area contributed by atoms with Crippen molar-refractivity contribution in [2.24, 2.45) is 0 Å². The summed E-state index contributed by atoms with van der Waals surface area (Å²) < 4.78 is 1.82. The molecule has 1 unspecified atom stereocenters. The van der Waals surface area contributed by atoms with Crippen LogP contribution in [0, 0.1) is 0 Å². The van der Waals surface area contributed by atoms with Gasteiger partial charge in [0.25, 0.3) is 0 Å². The predicted octanol–water partition coefficient (Wildman–Crippen LogP) is 1.96. The molecule has 1 atom stereocenters. The first-order valence-corrected chi connectivity index (χ1v) is 6.96. The summed E-state index contributed by atoms with van der Waals surface area (Å²) in [6.45, 7) is 2.92. The lowest BCUT2D eigenvalue weighted by Crippen LogP contribution is -2.03. The number of hydrogen-bond acceptors (Lipinski definition) is 4. The van der Waals surface area contributed by atoms with Crippen molar-refractivity contribution in [1.82, 2.24) is 24.8 Å². The van der Waals surface area contributed by atoms with Crippen molar-refractivity contribution in [2.45, 2.75) is 26.0 Å². The van der Waals surface area contributed by atoms with Gasteiger partial charge in [-0.2, -0.15) is 20.1 Å². The van der Waals surface area contributed by atoms with Gasteiger partial charge in [-0.3, -0.25) is 4.68 Å². The van der Waals surface area contributed by atoms with Gasteiger partial charge in [0.15, 0.2) is 0 Å². The lowest BCUT2D eigenvalue weighted by molar-refractivity contribution is 0.214. The summed E-state index contributed by atoms with van der Waals surface area (Å²) >= 11 is 0. The first-order chi connectivity index (χ1) is 10.3. The van der Waals surface area contributed by atoms with Crippen LogP contribution in [0.5, 0.6) is 0 Å². The number of hydrogen-bond donors (Lipinski definition) is 1. The molecule has 0 fully saturated rings. The van der Waals surface area contributed by atoms with E-state index in [1.807, 2.05) is 41.2 Å². The number of aliphatic hydroxyl groups excluding tert-OH is 1. The van der Waals surface area contributed by atoms with E-state index in [0.29, 0.717) is 5.69 Å². The van der Waals surface area contributed by atoms with Gasteiger partial charge >= 0.3 is 0 Å². The molecule has 108 valence electrons. The molecule has 0 aliphatic carbocycles. The second-order valence-corrected chi connectivity index (χ2v) is 4.83. The SMILES string of the molecule is CCCn1cc(C(O)c2cnn(-c3ccccc3)n2)cn1. The Morgan fingerprint density at radius 2 is 1.95 bits per heavy atom. The molecule has 0 spiro atoms. The van der Waals surface area contributed by atoms with E-state index in [2.05, 4.69) is 22.2 Å². The minimum Gasteiger partial charge on any atom is -0.382 e. The molecule has 0 aliphatic rings. The van der Waals surface area contributed by atoms with Gasteiger partial charge in [0.05, 0.1) is 18.1 Å². The second-order valence-electron chi connectivity index (χ2n) is 4.83. The maximum atomic E-state index is 10.4. The van der Waals surface area contributed by atoms with E-state index >= 15 is 0 Å². The molecular formula is C15H17N5O. The third-order valence-corrected chi connectivity index (χ3v) is 3.20. The Morgan fingerprint density at radius 1 is 1.14 bits per heavy atom. The van der Waals surface area contributed by atoms with Gasteiger partial charge < -0.3 is 5.11 Å². The standard InChI is InChI=1S/C15H17N5O/c1-2-8-19-11-12(9-16-19)15(21)14-10-17-20(18-14)13-6-4-3-5-7-13/h3-7,9-11,15,21H,2,8H2,1H3. The fraction of sp³-hybridized carbons (Fsp3) is 0.267. The third-order valence-electron chi connectivity index (χ3n) is 3.20. The van der Waals surface area contributed by atoms with Crippen LogP contribution in [0.1, 0.15) is 30.7 Å². The minimum absolute atomic E-state index is 0.509. The number of aromatic nitrogens is 5. The molecular weight excluding hydrogens is 266 g/mol. The number of nitrogens with zero attached hydrogens (tertiary/aromatic N) is 5. The van der Waals surface area contributed by atoms with E-state index in [1.54, 1.807) is 12.4 Å². The van der Waals surface area contributed by atoms with Crippen molar-refractivity contribution in [3.05, 3.63) is 60.2 Å². The zero-order chi connectivity index (χ0) is 14.7. The van der Waals surface area contributed by atoms with Gasteiger partial charge in [0.1, 0.15) is 11.8 Å². The Balaban J connectivity index is 1.82. The average molecular weight is 283 g/mol. The Hall–Kier alpha value is -2.47. The normalized spacial score (nSPS) is 12.5. The monoisotopic (exact) mass is 283 g/mol. The Kier molecular flexibility index (Phi) is 3.79. The van der Waals surface area contributed by atoms with Crippen molar-refractivity contribution in [2.75, 3.05) is 0 Å². The fourth-order valence-corrected chi connectivity index (χ4v) is 2.13. The van der Waals surface area contributed by atoms with E-state index in [9.17, 15) is 5.11 Å². The molecule has 0 bridgehead atoms. The summed E-state index contributed by atoms with van der Waals surface area (Å²) in [7, 11) is 0. The molecule has 0 saturated heterocycles. The van der Waals surface area contributed by atoms with Gasteiger partial charge in [0, 0.05) is 18.3 Å². The van der Waals surface area contributed by atoms with Gasteiger partial charge in [-0.15, -0.1) is 0 Å². The van der Waals surface area contributed by atoms with Crippen LogP contribution in [0.3, 0.4) is 0 Å². The summed E-state index contributed by atoms with van der Waals surface area (Å²) in [5.74, 6) is 0. The molecule has 2 aromatic heterocycles. The molecule has 3 rings (SSSR count). The summed E-state index contributed by atoms with van der Waals surface area (Å²) in [4.78, 5) is 1.51. The van der Waals surface area contributed by atoms with Crippen molar-refractivity contribution >= 4 is 0 Å². The summed E-state index contributed by atoms with van der Waals surface area (Å²) in [5.41, 5.74) is 2.09. The van der Waals surface area contributed by atoms with Crippen molar-refractivity contribution in [3.63, 3.8) is 0 Å². The van der Waals surface area contributed by atoms with Gasteiger partial charge in [0.2, 0.25) is 0 Å². The van der Waals surface area contributed by atoms with Gasteiger partial charge in [-0.1, -0.05) is 25.1 Å². The van der Waals surface area contributed by atoms with Crippen molar-refractivity contribution in [1.29, 1.82) is 0 Å². The van der Waals surface area contributed by atoms with Crippen LogP contribution in [0.4, 0.5) is 0 Å². The number of para-hydroxylation sites is 1. The molecule has 3 aromatic rings. The molecule has 0 aliphatic heterocycles. The lowest BCUT2D eigenvalue weighted by atomic mass is 10.1. The van der Waals surface area contributed by atoms with Crippen molar-refractivity contribution < 1.29 is 5.11 Å². The average Bonchev–Trinajstić information content (AvgIpc) is 3.17. The molecule has 6 nitrogen and oxygen atoms in total. The van der Waals surface area contributed by atoms with E-state index in [-0.39, 0.29) is 0 Å². The molecule has 0 saturated carbocycles. The van der Waals surface area contributed by atoms with Crippen LogP contribution in [0.25, 0.3) is 5.69 Å². The molecule has 6 heteroatoms. The van der Waals surface area contributed by atoms with Crippen LogP contribution in [-0.4, -0.2) is 29.9 Å². The highest BCUT2D eigenvalue weighted by atomic mass is 16.3. The Bertz CT molecular complexity index is 704. The van der Waals surface area contributed by atoms with Gasteiger partial charge in [-0.25, -0.2) is 0 Å². The zero-order valence-electron chi connectivity index (χ0n) is 11.8. The maximum absolute atomic E-state index is 10.4. The fourth-order valence-electron chi connectivity index (χ4n) is 2.13. The summed E-state index contributed by atoms with van der Waals surface area (Å²) in [6.07, 6.45) is 5.28. The van der Waals surface area contributed by atoms with Crippen LogP contribution in [0.15, 0.2) is 48.9 Å². The summed E-state index contributed by atoms with van der Waals surface area (Å²) in [6, 6.07) is 9.60. The van der Waals surface area contributed by atoms with E-state index < -0.39 is 6.10 Å². The third kappa shape index (κ3) is 2.85. The number of rotatable bonds is 5. The highest BCUT2D eigenvalue weighted by molar-refractivity contribution is 5.29. The molecule has 1 aromatic carbocycles. The lowest BCUT2D eigenvalue weighted by Gasteiger charge is -2.03. The number of aryl methyl sites for hydroxylation is 1. The minimum atomic E-state index is -0.812. The van der Waals surface area contributed by atoms with E-state index in [4.69, 9.17) is 0 Å². The van der Waals surface area contributed by atoms with E-state index in [1.165, 1.54) is 4.80 Å². The molecule has 21 heavy (non-hydrogen) atoms. The number of aliphatic hydroxyl groups is 1. The number of benzene rings is 1. The van der Waals surface area contributed by atoms with E-state index in [0.717, 1.165) is 24.2 Å². The van der Waals surface area contributed by atoms with Gasteiger partial charge in [-0.05, 0) is 18.6 Å². The first kappa shape index (κ1) is 13.5.